The van der Waals surface area contributed by atoms with Gasteiger partial charge >= 0.3 is 0 Å². The van der Waals surface area contributed by atoms with E-state index >= 15 is 0 Å². The zero-order valence-electron chi connectivity index (χ0n) is 13.2. The number of hydrogen-bond donors (Lipinski definition) is 1. The zero-order valence-corrected chi connectivity index (χ0v) is 13.2. The molecular formula is C16H27FN2O. The second-order valence-electron chi connectivity index (χ2n) is 5.30. The maximum atomic E-state index is 14.2. The molecule has 1 rings (SSSR count). The normalized spacial score (nSPS) is 12.8. The van der Waals surface area contributed by atoms with Crippen LogP contribution in [0.1, 0.15) is 39.3 Å². The third kappa shape index (κ3) is 4.76. The number of para-hydroxylation sites is 1. The van der Waals surface area contributed by atoms with Crippen molar-refractivity contribution in [2.45, 2.75) is 39.8 Å². The molecule has 0 aliphatic carbocycles. The highest BCUT2D eigenvalue weighted by Crippen LogP contribution is 2.28. The lowest BCUT2D eigenvalue weighted by Crippen LogP contribution is -2.28. The Morgan fingerprint density at radius 3 is 2.60 bits per heavy atom. The molecule has 4 heteroatoms. The molecular weight excluding hydrogens is 255 g/mol. The number of benzene rings is 1. The fraction of sp³-hybridized carbons (Fsp3) is 0.625. The van der Waals surface area contributed by atoms with E-state index in [2.05, 4.69) is 19.2 Å². The summed E-state index contributed by atoms with van der Waals surface area (Å²) < 4.78 is 19.7. The summed E-state index contributed by atoms with van der Waals surface area (Å²) in [6.07, 6.45) is 0.198. The average Bonchev–Trinajstić information content (AvgIpc) is 2.38. The Kier molecular flexibility index (Phi) is 6.96. The summed E-state index contributed by atoms with van der Waals surface area (Å²) in [7, 11) is 1.91. The van der Waals surface area contributed by atoms with Crippen LogP contribution in [0.3, 0.4) is 0 Å². The van der Waals surface area contributed by atoms with Crippen LogP contribution in [-0.2, 0) is 4.74 Å². The van der Waals surface area contributed by atoms with Gasteiger partial charge in [0.1, 0.15) is 5.82 Å². The third-order valence-corrected chi connectivity index (χ3v) is 3.25. The van der Waals surface area contributed by atoms with Crippen molar-refractivity contribution in [2.75, 3.05) is 31.6 Å². The van der Waals surface area contributed by atoms with E-state index in [1.165, 1.54) is 6.07 Å². The van der Waals surface area contributed by atoms with E-state index in [-0.39, 0.29) is 18.0 Å². The number of anilines is 1. The Labute approximate surface area is 122 Å². The minimum atomic E-state index is -0.181. The van der Waals surface area contributed by atoms with E-state index in [4.69, 9.17) is 4.74 Å². The highest BCUT2D eigenvalue weighted by Gasteiger charge is 2.16. The Morgan fingerprint density at radius 2 is 2.00 bits per heavy atom. The molecule has 0 spiro atoms. The van der Waals surface area contributed by atoms with Crippen LogP contribution in [-0.4, -0.2) is 32.8 Å². The molecule has 0 fully saturated rings. The van der Waals surface area contributed by atoms with E-state index < -0.39 is 0 Å². The second kappa shape index (κ2) is 8.22. The SMILES string of the molecule is CCNC(C)c1cccc(F)c1N(C)CCOC(C)C. The van der Waals surface area contributed by atoms with Gasteiger partial charge in [0.25, 0.3) is 0 Å². The average molecular weight is 282 g/mol. The van der Waals surface area contributed by atoms with Gasteiger partial charge in [0, 0.05) is 19.6 Å². The largest absolute Gasteiger partial charge is 0.377 e. The third-order valence-electron chi connectivity index (χ3n) is 3.25. The first-order valence-electron chi connectivity index (χ1n) is 7.31. The van der Waals surface area contributed by atoms with Gasteiger partial charge in [-0.2, -0.15) is 0 Å². The summed E-state index contributed by atoms with van der Waals surface area (Å²) in [5, 5.41) is 3.33. The molecule has 0 saturated carbocycles. The lowest BCUT2D eigenvalue weighted by molar-refractivity contribution is 0.0845. The molecule has 0 amide bonds. The number of likely N-dealkylation sites (N-methyl/N-ethyl adjacent to an activating group) is 1. The number of nitrogens with one attached hydrogen (secondary N) is 1. The van der Waals surface area contributed by atoms with E-state index in [1.54, 1.807) is 6.07 Å². The summed E-state index contributed by atoms with van der Waals surface area (Å²) in [5.74, 6) is -0.181. The second-order valence-corrected chi connectivity index (χ2v) is 5.30. The van der Waals surface area contributed by atoms with Crippen LogP contribution in [0.15, 0.2) is 18.2 Å². The van der Waals surface area contributed by atoms with Crippen molar-refractivity contribution < 1.29 is 9.13 Å². The van der Waals surface area contributed by atoms with E-state index in [9.17, 15) is 4.39 Å². The Morgan fingerprint density at radius 1 is 1.30 bits per heavy atom. The van der Waals surface area contributed by atoms with Crippen LogP contribution in [0.2, 0.25) is 0 Å². The maximum Gasteiger partial charge on any atom is 0.146 e. The topological polar surface area (TPSA) is 24.5 Å². The minimum Gasteiger partial charge on any atom is -0.377 e. The minimum absolute atomic E-state index is 0.124. The van der Waals surface area contributed by atoms with Crippen molar-refractivity contribution in [3.8, 4) is 0 Å². The summed E-state index contributed by atoms with van der Waals surface area (Å²) >= 11 is 0. The predicted molar refractivity (Wildman–Crippen MR) is 82.8 cm³/mol. The summed E-state index contributed by atoms with van der Waals surface area (Å²) in [6.45, 7) is 10.2. The molecule has 0 aliphatic heterocycles. The van der Waals surface area contributed by atoms with Crippen LogP contribution in [0, 0.1) is 5.82 Å². The molecule has 1 atom stereocenters. The van der Waals surface area contributed by atoms with Gasteiger partial charge < -0.3 is 15.0 Å². The van der Waals surface area contributed by atoms with Crippen LogP contribution < -0.4 is 10.2 Å². The summed E-state index contributed by atoms with van der Waals surface area (Å²) in [5.41, 5.74) is 1.65. The molecule has 0 saturated heterocycles. The molecule has 3 nitrogen and oxygen atoms in total. The van der Waals surface area contributed by atoms with E-state index in [1.807, 2.05) is 31.9 Å². The van der Waals surface area contributed by atoms with Crippen LogP contribution >= 0.6 is 0 Å². The van der Waals surface area contributed by atoms with Crippen molar-refractivity contribution >= 4 is 5.69 Å². The van der Waals surface area contributed by atoms with Crippen molar-refractivity contribution in [1.29, 1.82) is 0 Å². The van der Waals surface area contributed by atoms with E-state index in [0.29, 0.717) is 18.8 Å². The van der Waals surface area contributed by atoms with Gasteiger partial charge in [0.15, 0.2) is 0 Å². The van der Waals surface area contributed by atoms with Gasteiger partial charge in [0.05, 0.1) is 18.4 Å². The lowest BCUT2D eigenvalue weighted by Gasteiger charge is -2.26. The van der Waals surface area contributed by atoms with Gasteiger partial charge in [-0.25, -0.2) is 4.39 Å². The Balaban J connectivity index is 2.85. The summed E-state index contributed by atoms with van der Waals surface area (Å²) in [6, 6.07) is 5.38. The van der Waals surface area contributed by atoms with Gasteiger partial charge in [-0.05, 0) is 38.9 Å². The molecule has 20 heavy (non-hydrogen) atoms. The first kappa shape index (κ1) is 16.9. The van der Waals surface area contributed by atoms with Gasteiger partial charge in [-0.15, -0.1) is 0 Å². The van der Waals surface area contributed by atoms with Crippen molar-refractivity contribution in [1.82, 2.24) is 5.32 Å². The van der Waals surface area contributed by atoms with Gasteiger partial charge in [-0.1, -0.05) is 19.1 Å². The van der Waals surface area contributed by atoms with Gasteiger partial charge in [-0.3, -0.25) is 0 Å². The van der Waals surface area contributed by atoms with Crippen LogP contribution in [0.5, 0.6) is 0 Å². The molecule has 0 radical (unpaired) electrons. The molecule has 0 aliphatic rings. The van der Waals surface area contributed by atoms with Gasteiger partial charge in [0.2, 0.25) is 0 Å². The highest BCUT2D eigenvalue weighted by atomic mass is 19.1. The van der Waals surface area contributed by atoms with Crippen molar-refractivity contribution in [3.05, 3.63) is 29.6 Å². The Hall–Kier alpha value is -1.13. The number of ether oxygens (including phenoxy) is 1. The van der Waals surface area contributed by atoms with Crippen molar-refractivity contribution in [3.63, 3.8) is 0 Å². The number of rotatable bonds is 8. The number of nitrogens with zero attached hydrogens (tertiary/aromatic N) is 1. The summed E-state index contributed by atoms with van der Waals surface area (Å²) in [4.78, 5) is 1.93. The molecule has 1 unspecified atom stereocenters. The van der Waals surface area contributed by atoms with Crippen LogP contribution in [0.4, 0.5) is 10.1 Å². The fourth-order valence-electron chi connectivity index (χ4n) is 2.24. The quantitative estimate of drug-likeness (QED) is 0.791. The predicted octanol–water partition coefficient (Wildman–Crippen LogP) is 3.36. The molecule has 0 aromatic heterocycles. The number of halogens is 1. The molecule has 1 N–H and O–H groups in total. The first-order chi connectivity index (χ1) is 9.47. The lowest BCUT2D eigenvalue weighted by atomic mass is 10.0. The molecule has 0 bridgehead atoms. The van der Waals surface area contributed by atoms with Crippen LogP contribution in [0.25, 0.3) is 0 Å². The number of hydrogen-bond acceptors (Lipinski definition) is 3. The maximum absolute atomic E-state index is 14.2. The van der Waals surface area contributed by atoms with E-state index in [0.717, 1.165) is 12.1 Å². The molecule has 1 aromatic carbocycles. The standard InChI is InChI=1S/C16H27FN2O/c1-6-18-13(4)14-8-7-9-15(17)16(14)19(5)10-11-20-12(2)3/h7-9,12-13,18H,6,10-11H2,1-5H3. The first-order valence-corrected chi connectivity index (χ1v) is 7.31. The zero-order chi connectivity index (χ0) is 15.1. The molecule has 1 aromatic rings. The molecule has 114 valence electrons. The Bertz CT molecular complexity index is 409. The fourth-order valence-corrected chi connectivity index (χ4v) is 2.24. The monoisotopic (exact) mass is 282 g/mol. The van der Waals surface area contributed by atoms with Crippen molar-refractivity contribution in [2.24, 2.45) is 0 Å². The smallest absolute Gasteiger partial charge is 0.146 e. The molecule has 0 heterocycles. The highest BCUT2D eigenvalue weighted by molar-refractivity contribution is 5.55.